The molecule has 2 aromatic carbocycles. The summed E-state index contributed by atoms with van der Waals surface area (Å²) in [5.41, 5.74) is -0.678. The van der Waals surface area contributed by atoms with Crippen LogP contribution in [0.4, 0.5) is 26.3 Å². The van der Waals surface area contributed by atoms with Gasteiger partial charge in [-0.25, -0.2) is 26.6 Å². The molecule has 1 aliphatic rings. The molecule has 13 heteroatoms. The highest BCUT2D eigenvalue weighted by Gasteiger charge is 2.46. The van der Waals surface area contributed by atoms with E-state index >= 15 is 0 Å². The summed E-state index contributed by atoms with van der Waals surface area (Å²) in [6.07, 6.45) is -7.23. The maximum atomic E-state index is 14.6. The highest BCUT2D eigenvalue weighted by atomic mass is 32.2. The fraction of sp³-hybridized carbons (Fsp3) is 0.379. The van der Waals surface area contributed by atoms with E-state index in [2.05, 4.69) is 4.98 Å². The van der Waals surface area contributed by atoms with Gasteiger partial charge in [-0.15, -0.1) is 0 Å². The Balaban J connectivity index is 1.55. The molecule has 0 bridgehead atoms. The quantitative estimate of drug-likeness (QED) is 0.146. The molecule has 42 heavy (non-hydrogen) atoms. The fourth-order valence-electron chi connectivity index (χ4n) is 4.97. The maximum Gasteiger partial charge on any atom is 0.433 e. The number of rotatable bonds is 11. The number of hydrogen-bond acceptors (Lipinski definition) is 6. The topological polar surface area (TPSA) is 82.6 Å². The van der Waals surface area contributed by atoms with Crippen LogP contribution in [0.3, 0.4) is 0 Å². The minimum absolute atomic E-state index is 0.0473. The van der Waals surface area contributed by atoms with Crippen molar-refractivity contribution >= 4 is 15.6 Å². The number of benzene rings is 2. The minimum atomic E-state index is -4.74. The lowest BCUT2D eigenvalue weighted by Gasteiger charge is -2.19. The Morgan fingerprint density at radius 1 is 0.976 bits per heavy atom. The van der Waals surface area contributed by atoms with Crippen molar-refractivity contribution in [2.45, 2.75) is 48.2 Å². The van der Waals surface area contributed by atoms with Crippen LogP contribution in [-0.2, 0) is 32.0 Å². The van der Waals surface area contributed by atoms with Gasteiger partial charge >= 0.3 is 6.18 Å². The molecule has 1 saturated carbocycles. The van der Waals surface area contributed by atoms with Gasteiger partial charge in [0, 0.05) is 25.0 Å². The molecule has 3 aromatic rings. The summed E-state index contributed by atoms with van der Waals surface area (Å²) in [7, 11) is -2.76. The molecule has 226 valence electrons. The number of carbonyl (C=O) groups is 1. The number of Topliss-reactive ketones (excluding diaryl/α,β-unsaturated/α-hetero) is 1. The first kappa shape index (κ1) is 31.5. The molecule has 0 radical (unpaired) electrons. The minimum Gasteiger partial charge on any atom is -0.475 e. The van der Waals surface area contributed by atoms with E-state index in [1.54, 1.807) is 0 Å². The second kappa shape index (κ2) is 12.8. The van der Waals surface area contributed by atoms with Crippen molar-refractivity contribution in [3.8, 4) is 17.0 Å². The van der Waals surface area contributed by atoms with Gasteiger partial charge in [-0.05, 0) is 78.9 Å². The number of pyridine rings is 1. The summed E-state index contributed by atoms with van der Waals surface area (Å²) in [5.74, 6) is -3.45. The molecule has 0 N–H and O–H groups in total. The number of alkyl halides is 4. The second-order valence-corrected chi connectivity index (χ2v) is 12.1. The van der Waals surface area contributed by atoms with Gasteiger partial charge in [0.2, 0.25) is 5.88 Å². The van der Waals surface area contributed by atoms with Crippen molar-refractivity contribution in [3.63, 3.8) is 0 Å². The number of ether oxygens (including phenoxy) is 2. The zero-order valence-corrected chi connectivity index (χ0v) is 23.2. The number of hydrogen-bond donors (Lipinski definition) is 0. The second-order valence-electron chi connectivity index (χ2n) is 9.92. The number of ketones is 1. The first-order valence-electron chi connectivity index (χ1n) is 13.0. The van der Waals surface area contributed by atoms with Crippen molar-refractivity contribution in [2.75, 3.05) is 20.3 Å². The van der Waals surface area contributed by atoms with Crippen molar-refractivity contribution < 1.29 is 49.0 Å². The Labute approximate surface area is 238 Å². The van der Waals surface area contributed by atoms with Crippen LogP contribution in [0.1, 0.15) is 30.5 Å². The normalized spacial score (nSPS) is 19.2. The number of halogens is 6. The standard InChI is InChI=1S/C29H27F6NO5S/c1-40-10-11-41-28-23(7-9-27(36-28)29(33,34)35)18-12-17(13-20(31)14-18)2-8-25(37)24-15-21(32)16-26(24)42(38,39)22-5-3-19(30)4-6-22/h3-7,9,12-14,21,24,26H,2,8,10-11,15-16H2,1H3/t21-,24+,26?/m1/s1. The number of carbonyl (C=O) groups excluding carboxylic acids is 1. The zero-order valence-electron chi connectivity index (χ0n) is 22.3. The maximum absolute atomic E-state index is 14.6. The molecule has 0 aliphatic heterocycles. The molecule has 1 unspecified atom stereocenters. The summed E-state index contributed by atoms with van der Waals surface area (Å²) < 4.78 is 119. The third kappa shape index (κ3) is 7.30. The third-order valence-corrected chi connectivity index (χ3v) is 9.25. The van der Waals surface area contributed by atoms with Crippen LogP contribution in [0.5, 0.6) is 5.88 Å². The number of aromatic nitrogens is 1. The van der Waals surface area contributed by atoms with Gasteiger partial charge in [0.05, 0.1) is 16.8 Å². The number of sulfone groups is 1. The summed E-state index contributed by atoms with van der Waals surface area (Å²) in [6.45, 7) is -0.0555. The smallest absolute Gasteiger partial charge is 0.433 e. The zero-order chi connectivity index (χ0) is 30.7. The van der Waals surface area contributed by atoms with E-state index < -0.39 is 56.5 Å². The molecule has 1 aliphatic carbocycles. The summed E-state index contributed by atoms with van der Waals surface area (Å²) in [4.78, 5) is 16.5. The van der Waals surface area contributed by atoms with Gasteiger partial charge in [0.1, 0.15) is 35.9 Å². The highest BCUT2D eigenvalue weighted by molar-refractivity contribution is 7.92. The summed E-state index contributed by atoms with van der Waals surface area (Å²) in [5, 5.41) is -1.33. The highest BCUT2D eigenvalue weighted by Crippen LogP contribution is 2.39. The lowest BCUT2D eigenvalue weighted by atomic mass is 9.95. The molecule has 1 aromatic heterocycles. The van der Waals surface area contributed by atoms with Crippen LogP contribution < -0.4 is 4.74 Å². The van der Waals surface area contributed by atoms with E-state index in [9.17, 15) is 39.6 Å². The van der Waals surface area contributed by atoms with E-state index in [0.717, 1.165) is 48.5 Å². The first-order valence-corrected chi connectivity index (χ1v) is 14.5. The Morgan fingerprint density at radius 3 is 2.36 bits per heavy atom. The average Bonchev–Trinajstić information content (AvgIpc) is 3.34. The van der Waals surface area contributed by atoms with E-state index in [4.69, 9.17) is 9.47 Å². The van der Waals surface area contributed by atoms with Crippen LogP contribution in [0.2, 0.25) is 0 Å². The predicted molar refractivity (Wildman–Crippen MR) is 140 cm³/mol. The van der Waals surface area contributed by atoms with Crippen LogP contribution in [0.15, 0.2) is 59.5 Å². The molecule has 0 spiro atoms. The largest absolute Gasteiger partial charge is 0.475 e. The number of nitrogens with zero attached hydrogens (tertiary/aromatic N) is 1. The van der Waals surface area contributed by atoms with Crippen molar-refractivity contribution in [1.82, 2.24) is 4.98 Å². The SMILES string of the molecule is COCCOc1nc(C(F)(F)F)ccc1-c1cc(F)cc(CCC(=O)[C@@H]2C[C@@H](F)CC2S(=O)(=O)c2ccc(F)cc2)c1. The van der Waals surface area contributed by atoms with Gasteiger partial charge in [0.25, 0.3) is 0 Å². The Bertz CT molecular complexity index is 1530. The average molecular weight is 616 g/mol. The monoisotopic (exact) mass is 615 g/mol. The van der Waals surface area contributed by atoms with Crippen LogP contribution in [0.25, 0.3) is 11.1 Å². The van der Waals surface area contributed by atoms with Crippen LogP contribution in [0, 0.1) is 17.6 Å². The van der Waals surface area contributed by atoms with Gasteiger partial charge in [-0.1, -0.05) is 6.07 Å². The predicted octanol–water partition coefficient (Wildman–Crippen LogP) is 6.16. The van der Waals surface area contributed by atoms with Crippen molar-refractivity contribution in [2.24, 2.45) is 5.92 Å². The molecular formula is C29H27F6NO5S. The lowest BCUT2D eigenvalue weighted by molar-refractivity contribution is -0.141. The van der Waals surface area contributed by atoms with Gasteiger partial charge in [-0.3, -0.25) is 4.79 Å². The van der Waals surface area contributed by atoms with Gasteiger partial charge in [-0.2, -0.15) is 13.2 Å². The Morgan fingerprint density at radius 2 is 1.69 bits per heavy atom. The van der Waals surface area contributed by atoms with Crippen molar-refractivity contribution in [3.05, 3.63) is 77.5 Å². The molecule has 1 fully saturated rings. The Hall–Kier alpha value is -3.45. The molecule has 3 atom stereocenters. The van der Waals surface area contributed by atoms with E-state index in [0.29, 0.717) is 5.56 Å². The Kier molecular flexibility index (Phi) is 9.61. The van der Waals surface area contributed by atoms with E-state index in [1.807, 2.05) is 0 Å². The first-order chi connectivity index (χ1) is 19.8. The van der Waals surface area contributed by atoms with Gasteiger partial charge in [0.15, 0.2) is 9.84 Å². The fourth-order valence-corrected chi connectivity index (χ4v) is 7.00. The van der Waals surface area contributed by atoms with Gasteiger partial charge < -0.3 is 9.47 Å². The molecular weight excluding hydrogens is 588 g/mol. The molecule has 6 nitrogen and oxygen atoms in total. The molecule has 0 amide bonds. The third-order valence-electron chi connectivity index (χ3n) is 7.01. The lowest BCUT2D eigenvalue weighted by Crippen LogP contribution is -2.31. The van der Waals surface area contributed by atoms with E-state index in [-0.39, 0.29) is 60.8 Å². The number of methoxy groups -OCH3 is 1. The van der Waals surface area contributed by atoms with Crippen LogP contribution in [-0.4, -0.2) is 50.9 Å². The molecule has 1 heterocycles. The summed E-state index contributed by atoms with van der Waals surface area (Å²) in [6, 6.07) is 9.58. The number of aryl methyl sites for hydroxylation is 1. The van der Waals surface area contributed by atoms with E-state index in [1.165, 1.54) is 13.2 Å². The van der Waals surface area contributed by atoms with Crippen molar-refractivity contribution in [1.29, 1.82) is 0 Å². The molecule has 0 saturated heterocycles. The molecule has 4 rings (SSSR count). The van der Waals surface area contributed by atoms with Crippen LogP contribution >= 0.6 is 0 Å². The summed E-state index contributed by atoms with van der Waals surface area (Å²) >= 11 is 0.